The first-order valence-electron chi connectivity index (χ1n) is 6.07. The molecule has 1 aliphatic carbocycles. The van der Waals surface area contributed by atoms with Crippen molar-refractivity contribution in [2.24, 2.45) is 5.73 Å². The summed E-state index contributed by atoms with van der Waals surface area (Å²) in [6, 6.07) is 0.877. The topological polar surface area (TPSA) is 72.9 Å². The number of likely N-dealkylation sites (tertiary alicyclic amines) is 1. The SMILES string of the molecule is Cl.NC1CCCN(Cc2nnnn2C2CC2)C1. The van der Waals surface area contributed by atoms with Crippen LogP contribution in [0.4, 0.5) is 0 Å². The molecule has 2 heterocycles. The van der Waals surface area contributed by atoms with Gasteiger partial charge in [0.15, 0.2) is 5.82 Å². The summed E-state index contributed by atoms with van der Waals surface area (Å²) in [6.07, 6.45) is 4.77. The summed E-state index contributed by atoms with van der Waals surface area (Å²) in [5.74, 6) is 0.997. The number of nitrogens with zero attached hydrogens (tertiary/aromatic N) is 5. The van der Waals surface area contributed by atoms with Gasteiger partial charge in [-0.05, 0) is 42.7 Å². The van der Waals surface area contributed by atoms with Gasteiger partial charge in [-0.1, -0.05) is 0 Å². The highest BCUT2D eigenvalue weighted by atomic mass is 35.5. The number of aromatic nitrogens is 4. The zero-order chi connectivity index (χ0) is 11.0. The van der Waals surface area contributed by atoms with Gasteiger partial charge in [0.05, 0.1) is 12.6 Å². The summed E-state index contributed by atoms with van der Waals surface area (Å²) < 4.78 is 1.99. The van der Waals surface area contributed by atoms with E-state index in [1.165, 1.54) is 19.3 Å². The second-order valence-electron chi connectivity index (χ2n) is 4.91. The van der Waals surface area contributed by atoms with Crippen molar-refractivity contribution in [1.29, 1.82) is 0 Å². The minimum atomic E-state index is 0. The number of hydrogen-bond donors (Lipinski definition) is 1. The van der Waals surface area contributed by atoms with Crippen LogP contribution in [0.25, 0.3) is 0 Å². The predicted octanol–water partition coefficient (Wildman–Crippen LogP) is 0.353. The third-order valence-corrected chi connectivity index (χ3v) is 3.36. The van der Waals surface area contributed by atoms with Gasteiger partial charge in [-0.25, -0.2) is 4.68 Å². The molecule has 1 saturated heterocycles. The standard InChI is InChI=1S/C10H18N6.ClH/c11-8-2-1-5-15(6-8)7-10-12-13-14-16(10)9-3-4-9;/h8-9H,1-7,11H2;1H. The van der Waals surface area contributed by atoms with Crippen molar-refractivity contribution in [1.82, 2.24) is 25.1 Å². The first-order chi connectivity index (χ1) is 7.83. The lowest BCUT2D eigenvalue weighted by Crippen LogP contribution is -2.42. The third-order valence-electron chi connectivity index (χ3n) is 3.36. The van der Waals surface area contributed by atoms with Crippen LogP contribution in [0.1, 0.15) is 37.5 Å². The molecule has 1 saturated carbocycles. The lowest BCUT2D eigenvalue weighted by Gasteiger charge is -2.29. The minimum absolute atomic E-state index is 0. The molecular weight excluding hydrogens is 240 g/mol. The molecule has 0 bridgehead atoms. The lowest BCUT2D eigenvalue weighted by atomic mass is 10.1. The molecule has 7 heteroatoms. The zero-order valence-corrected chi connectivity index (χ0v) is 10.6. The second kappa shape index (κ2) is 5.29. The summed E-state index contributed by atoms with van der Waals surface area (Å²) in [5, 5.41) is 11.9. The number of rotatable bonds is 3. The van der Waals surface area contributed by atoms with E-state index in [1.807, 2.05) is 4.68 Å². The highest BCUT2D eigenvalue weighted by Crippen LogP contribution is 2.34. The van der Waals surface area contributed by atoms with Crippen molar-refractivity contribution in [3.05, 3.63) is 5.82 Å². The molecule has 17 heavy (non-hydrogen) atoms. The summed E-state index contributed by atoms with van der Waals surface area (Å²) in [5.41, 5.74) is 5.96. The predicted molar refractivity (Wildman–Crippen MR) is 65.8 cm³/mol. The molecule has 1 aromatic heterocycles. The number of nitrogens with two attached hydrogens (primary N) is 1. The van der Waals surface area contributed by atoms with E-state index in [0.717, 1.165) is 31.9 Å². The van der Waals surface area contributed by atoms with Crippen LogP contribution < -0.4 is 5.73 Å². The molecule has 3 rings (SSSR count). The first-order valence-corrected chi connectivity index (χ1v) is 6.07. The molecule has 96 valence electrons. The average Bonchev–Trinajstić information content (AvgIpc) is 3.00. The van der Waals surface area contributed by atoms with E-state index in [1.54, 1.807) is 0 Å². The van der Waals surface area contributed by atoms with Crippen LogP contribution in [0.5, 0.6) is 0 Å². The average molecular weight is 259 g/mol. The number of piperidine rings is 1. The van der Waals surface area contributed by atoms with Crippen LogP contribution >= 0.6 is 12.4 Å². The Kier molecular flexibility index (Phi) is 3.96. The first kappa shape index (κ1) is 12.7. The van der Waals surface area contributed by atoms with Gasteiger partial charge in [-0.2, -0.15) is 0 Å². The number of halogens is 1. The van der Waals surface area contributed by atoms with E-state index in [4.69, 9.17) is 5.73 Å². The molecule has 1 atom stereocenters. The Morgan fingerprint density at radius 1 is 1.29 bits per heavy atom. The van der Waals surface area contributed by atoms with Crippen LogP contribution in [-0.4, -0.2) is 44.2 Å². The van der Waals surface area contributed by atoms with Crippen molar-refractivity contribution in [3.8, 4) is 0 Å². The molecule has 2 N–H and O–H groups in total. The Morgan fingerprint density at radius 2 is 2.12 bits per heavy atom. The molecule has 1 aromatic rings. The van der Waals surface area contributed by atoms with Crippen LogP contribution in [0.2, 0.25) is 0 Å². The quantitative estimate of drug-likeness (QED) is 0.847. The van der Waals surface area contributed by atoms with Crippen LogP contribution in [0.3, 0.4) is 0 Å². The smallest absolute Gasteiger partial charge is 0.165 e. The van der Waals surface area contributed by atoms with Gasteiger partial charge in [-0.15, -0.1) is 17.5 Å². The normalized spacial score (nSPS) is 25.6. The Bertz CT molecular complexity index is 363. The van der Waals surface area contributed by atoms with Crippen molar-refractivity contribution in [2.75, 3.05) is 13.1 Å². The summed E-state index contributed by atoms with van der Waals surface area (Å²) in [7, 11) is 0. The fourth-order valence-corrected chi connectivity index (χ4v) is 2.35. The Labute approximate surface area is 107 Å². The van der Waals surface area contributed by atoms with Crippen LogP contribution in [0, 0.1) is 0 Å². The van der Waals surface area contributed by atoms with E-state index < -0.39 is 0 Å². The maximum absolute atomic E-state index is 5.96. The molecule has 0 radical (unpaired) electrons. The van der Waals surface area contributed by atoms with Crippen LogP contribution in [0.15, 0.2) is 0 Å². The molecule has 0 spiro atoms. The van der Waals surface area contributed by atoms with E-state index in [2.05, 4.69) is 20.4 Å². The highest BCUT2D eigenvalue weighted by Gasteiger charge is 2.28. The summed E-state index contributed by atoms with van der Waals surface area (Å²) >= 11 is 0. The van der Waals surface area contributed by atoms with E-state index in [0.29, 0.717) is 12.1 Å². The van der Waals surface area contributed by atoms with Gasteiger partial charge in [-0.3, -0.25) is 4.90 Å². The van der Waals surface area contributed by atoms with Gasteiger partial charge >= 0.3 is 0 Å². The second-order valence-corrected chi connectivity index (χ2v) is 4.91. The van der Waals surface area contributed by atoms with Crippen molar-refractivity contribution in [3.63, 3.8) is 0 Å². The monoisotopic (exact) mass is 258 g/mol. The van der Waals surface area contributed by atoms with Gasteiger partial charge in [0.1, 0.15) is 0 Å². The molecule has 2 aliphatic rings. The van der Waals surface area contributed by atoms with E-state index in [-0.39, 0.29) is 12.4 Å². The number of hydrogen-bond acceptors (Lipinski definition) is 5. The largest absolute Gasteiger partial charge is 0.327 e. The summed E-state index contributed by atoms with van der Waals surface area (Å²) in [6.45, 7) is 2.93. The summed E-state index contributed by atoms with van der Waals surface area (Å²) in [4.78, 5) is 2.36. The Morgan fingerprint density at radius 3 is 2.82 bits per heavy atom. The molecule has 0 amide bonds. The van der Waals surface area contributed by atoms with Crippen molar-refractivity contribution >= 4 is 12.4 Å². The van der Waals surface area contributed by atoms with Gasteiger partial charge in [0, 0.05) is 12.6 Å². The van der Waals surface area contributed by atoms with E-state index in [9.17, 15) is 0 Å². The van der Waals surface area contributed by atoms with Gasteiger partial charge in [0.25, 0.3) is 0 Å². The fourth-order valence-electron chi connectivity index (χ4n) is 2.35. The van der Waals surface area contributed by atoms with Gasteiger partial charge in [0.2, 0.25) is 0 Å². The number of tetrazole rings is 1. The minimum Gasteiger partial charge on any atom is -0.327 e. The van der Waals surface area contributed by atoms with Crippen LogP contribution in [-0.2, 0) is 6.54 Å². The highest BCUT2D eigenvalue weighted by molar-refractivity contribution is 5.85. The van der Waals surface area contributed by atoms with Gasteiger partial charge < -0.3 is 5.73 Å². The molecule has 2 fully saturated rings. The molecule has 1 unspecified atom stereocenters. The molecular formula is C10H19ClN6. The molecule has 1 aliphatic heterocycles. The zero-order valence-electron chi connectivity index (χ0n) is 9.83. The third kappa shape index (κ3) is 2.94. The lowest BCUT2D eigenvalue weighted by molar-refractivity contribution is 0.194. The molecule has 6 nitrogen and oxygen atoms in total. The molecule has 0 aromatic carbocycles. The fraction of sp³-hybridized carbons (Fsp3) is 0.900. The maximum Gasteiger partial charge on any atom is 0.165 e. The Hall–Kier alpha value is -0.720. The van der Waals surface area contributed by atoms with E-state index >= 15 is 0 Å². The van der Waals surface area contributed by atoms with Crippen molar-refractivity contribution < 1.29 is 0 Å². The Balaban J connectivity index is 0.00000108. The maximum atomic E-state index is 5.96. The van der Waals surface area contributed by atoms with Crippen molar-refractivity contribution in [2.45, 2.75) is 44.3 Å².